The van der Waals surface area contributed by atoms with E-state index in [1.807, 2.05) is 0 Å². The molecule has 1 heteroatoms. The smallest absolute Gasteiger partial charge is 0.133 e. The minimum atomic E-state index is 0.266. The van der Waals surface area contributed by atoms with Crippen LogP contribution < -0.4 is 0 Å². The Hall–Kier alpha value is -0.330. The number of ketones is 1. The number of carbonyl (C=O) groups excluding carboxylic acids is 1. The first-order valence-corrected chi connectivity index (χ1v) is 5.39. The third kappa shape index (κ3) is 5.84. The van der Waals surface area contributed by atoms with Crippen LogP contribution in [-0.4, -0.2) is 5.78 Å². The van der Waals surface area contributed by atoms with Crippen molar-refractivity contribution in [1.29, 1.82) is 0 Å². The lowest BCUT2D eigenvalue weighted by Crippen LogP contribution is -2.20. The third-order valence-electron chi connectivity index (χ3n) is 2.82. The molecule has 0 radical (unpaired) electrons. The molecule has 0 spiro atoms. The fraction of sp³-hybridized carbons (Fsp3) is 0.917. The lowest BCUT2D eigenvalue weighted by atomic mass is 9.79. The molecular weight excluding hydrogens is 160 g/mol. The third-order valence-corrected chi connectivity index (χ3v) is 2.82. The molecule has 0 aliphatic heterocycles. The van der Waals surface area contributed by atoms with Crippen molar-refractivity contribution in [2.75, 3.05) is 0 Å². The van der Waals surface area contributed by atoms with Crippen molar-refractivity contribution in [3.8, 4) is 0 Å². The van der Waals surface area contributed by atoms with Crippen LogP contribution in [0.4, 0.5) is 0 Å². The second-order valence-corrected chi connectivity index (χ2v) is 5.11. The van der Waals surface area contributed by atoms with Crippen LogP contribution in [-0.2, 0) is 4.79 Å². The van der Waals surface area contributed by atoms with Gasteiger partial charge in [-0.15, -0.1) is 0 Å². The number of hydrogen-bond acceptors (Lipinski definition) is 1. The minimum Gasteiger partial charge on any atom is -0.300 e. The van der Waals surface area contributed by atoms with Crippen LogP contribution in [0.3, 0.4) is 0 Å². The fourth-order valence-corrected chi connectivity index (χ4v) is 1.12. The summed E-state index contributed by atoms with van der Waals surface area (Å²) in [7, 11) is 0. The van der Waals surface area contributed by atoms with Crippen LogP contribution in [0.25, 0.3) is 0 Å². The standard InChI is InChI=1S/C12H24O/c1-6-7-8-11(13)9-10(2)12(3,4)5/h10H,6-9H2,1-5H3. The molecule has 0 bridgehead atoms. The van der Waals surface area contributed by atoms with Gasteiger partial charge in [0.1, 0.15) is 5.78 Å². The number of rotatable bonds is 5. The maximum atomic E-state index is 11.5. The maximum absolute atomic E-state index is 11.5. The molecule has 0 saturated heterocycles. The minimum absolute atomic E-state index is 0.266. The normalized spacial score (nSPS) is 14.2. The van der Waals surface area contributed by atoms with E-state index in [1.54, 1.807) is 0 Å². The summed E-state index contributed by atoms with van der Waals surface area (Å²) in [4.78, 5) is 11.5. The summed E-state index contributed by atoms with van der Waals surface area (Å²) in [6.07, 6.45) is 3.70. The van der Waals surface area contributed by atoms with E-state index in [-0.39, 0.29) is 5.41 Å². The molecule has 0 aromatic heterocycles. The highest BCUT2D eigenvalue weighted by Gasteiger charge is 2.21. The van der Waals surface area contributed by atoms with E-state index >= 15 is 0 Å². The Balaban J connectivity index is 3.79. The summed E-state index contributed by atoms with van der Waals surface area (Å²) >= 11 is 0. The molecule has 0 amide bonds. The van der Waals surface area contributed by atoms with Crippen LogP contribution in [0, 0.1) is 11.3 Å². The van der Waals surface area contributed by atoms with E-state index in [0.717, 1.165) is 25.7 Å². The Morgan fingerprint density at radius 2 is 1.85 bits per heavy atom. The van der Waals surface area contributed by atoms with Crippen molar-refractivity contribution in [3.63, 3.8) is 0 Å². The lowest BCUT2D eigenvalue weighted by molar-refractivity contribution is -0.120. The zero-order valence-electron chi connectivity index (χ0n) is 9.81. The van der Waals surface area contributed by atoms with Gasteiger partial charge in [0.25, 0.3) is 0 Å². The van der Waals surface area contributed by atoms with Gasteiger partial charge in [-0.1, -0.05) is 41.0 Å². The van der Waals surface area contributed by atoms with Gasteiger partial charge in [0.05, 0.1) is 0 Å². The Labute approximate surface area is 82.9 Å². The summed E-state index contributed by atoms with van der Waals surface area (Å²) in [5, 5.41) is 0. The van der Waals surface area contributed by atoms with Crippen LogP contribution in [0.2, 0.25) is 0 Å². The molecule has 0 aliphatic carbocycles. The monoisotopic (exact) mass is 184 g/mol. The molecule has 1 atom stereocenters. The van der Waals surface area contributed by atoms with Gasteiger partial charge in [0.2, 0.25) is 0 Å². The van der Waals surface area contributed by atoms with Gasteiger partial charge < -0.3 is 0 Å². The van der Waals surface area contributed by atoms with E-state index in [1.165, 1.54) is 0 Å². The largest absolute Gasteiger partial charge is 0.300 e. The van der Waals surface area contributed by atoms with Gasteiger partial charge in [-0.3, -0.25) is 4.79 Å². The zero-order chi connectivity index (χ0) is 10.5. The number of carbonyl (C=O) groups is 1. The summed E-state index contributed by atoms with van der Waals surface area (Å²) in [6, 6.07) is 0. The second kappa shape index (κ2) is 5.41. The van der Waals surface area contributed by atoms with Crippen molar-refractivity contribution < 1.29 is 4.79 Å². The van der Waals surface area contributed by atoms with E-state index in [2.05, 4.69) is 34.6 Å². The van der Waals surface area contributed by atoms with Gasteiger partial charge in [-0.2, -0.15) is 0 Å². The topological polar surface area (TPSA) is 17.1 Å². The molecule has 13 heavy (non-hydrogen) atoms. The van der Waals surface area contributed by atoms with E-state index < -0.39 is 0 Å². The summed E-state index contributed by atoms with van der Waals surface area (Å²) in [6.45, 7) is 10.9. The molecule has 78 valence electrons. The van der Waals surface area contributed by atoms with Crippen LogP contribution in [0.5, 0.6) is 0 Å². The van der Waals surface area contributed by atoms with Crippen LogP contribution in [0.15, 0.2) is 0 Å². The second-order valence-electron chi connectivity index (χ2n) is 5.11. The Bertz CT molecular complexity index is 153. The summed E-state index contributed by atoms with van der Waals surface area (Å²) in [5.74, 6) is 0.932. The first-order valence-electron chi connectivity index (χ1n) is 5.39. The molecule has 0 aromatic rings. The van der Waals surface area contributed by atoms with Crippen molar-refractivity contribution in [2.45, 2.75) is 60.3 Å². The maximum Gasteiger partial charge on any atom is 0.133 e. The van der Waals surface area contributed by atoms with Gasteiger partial charge >= 0.3 is 0 Å². The molecular formula is C12H24O. The highest BCUT2D eigenvalue weighted by molar-refractivity contribution is 5.78. The van der Waals surface area contributed by atoms with Crippen LogP contribution in [0.1, 0.15) is 60.3 Å². The van der Waals surface area contributed by atoms with E-state index in [4.69, 9.17) is 0 Å². The quantitative estimate of drug-likeness (QED) is 0.635. The Kier molecular flexibility index (Phi) is 5.27. The lowest BCUT2D eigenvalue weighted by Gasteiger charge is -2.26. The fourth-order valence-electron chi connectivity index (χ4n) is 1.12. The van der Waals surface area contributed by atoms with Crippen molar-refractivity contribution in [1.82, 2.24) is 0 Å². The van der Waals surface area contributed by atoms with E-state index in [0.29, 0.717) is 11.7 Å². The Morgan fingerprint density at radius 1 is 1.31 bits per heavy atom. The molecule has 0 heterocycles. The molecule has 1 nitrogen and oxygen atoms in total. The van der Waals surface area contributed by atoms with Gasteiger partial charge in [0.15, 0.2) is 0 Å². The van der Waals surface area contributed by atoms with Crippen molar-refractivity contribution in [3.05, 3.63) is 0 Å². The SMILES string of the molecule is CCCCC(=O)CC(C)C(C)(C)C. The highest BCUT2D eigenvalue weighted by atomic mass is 16.1. The predicted molar refractivity (Wildman–Crippen MR) is 57.8 cm³/mol. The van der Waals surface area contributed by atoms with Gasteiger partial charge in [-0.05, 0) is 17.8 Å². The molecule has 0 rings (SSSR count). The summed E-state index contributed by atoms with van der Waals surface area (Å²) < 4.78 is 0. The first kappa shape index (κ1) is 12.7. The van der Waals surface area contributed by atoms with Gasteiger partial charge in [-0.25, -0.2) is 0 Å². The zero-order valence-corrected chi connectivity index (χ0v) is 9.81. The van der Waals surface area contributed by atoms with Crippen molar-refractivity contribution >= 4 is 5.78 Å². The average Bonchev–Trinajstić information content (AvgIpc) is 1.99. The molecule has 0 N–H and O–H groups in total. The Morgan fingerprint density at radius 3 is 2.23 bits per heavy atom. The summed E-state index contributed by atoms with van der Waals surface area (Å²) in [5.41, 5.74) is 0.266. The number of unbranched alkanes of at least 4 members (excludes halogenated alkanes) is 1. The molecule has 0 aliphatic rings. The molecule has 0 aromatic carbocycles. The first-order chi connectivity index (χ1) is 5.88. The number of hydrogen-bond donors (Lipinski definition) is 0. The molecule has 1 unspecified atom stereocenters. The van der Waals surface area contributed by atoms with E-state index in [9.17, 15) is 4.79 Å². The highest BCUT2D eigenvalue weighted by Crippen LogP contribution is 2.28. The van der Waals surface area contributed by atoms with Crippen molar-refractivity contribution in [2.24, 2.45) is 11.3 Å². The molecule has 0 saturated carbocycles. The molecule has 0 fully saturated rings. The average molecular weight is 184 g/mol. The van der Waals surface area contributed by atoms with Gasteiger partial charge in [0, 0.05) is 12.8 Å². The predicted octanol–water partition coefficient (Wildman–Crippen LogP) is 3.82. The number of Topliss-reactive ketones (excluding diaryl/α,β-unsaturated/α-hetero) is 1. The van der Waals surface area contributed by atoms with Crippen LogP contribution >= 0.6 is 0 Å².